The molecule has 0 saturated carbocycles. The first kappa shape index (κ1) is 31.1. The van der Waals surface area contributed by atoms with E-state index in [1.54, 1.807) is 0 Å². The first-order valence-corrected chi connectivity index (χ1v) is 11.8. The van der Waals surface area contributed by atoms with Crippen LogP contribution in [0.25, 0.3) is 0 Å². The van der Waals surface area contributed by atoms with Gasteiger partial charge in [0.25, 0.3) is 0 Å². The van der Waals surface area contributed by atoms with Gasteiger partial charge in [0, 0.05) is 6.42 Å². The number of hydrogen-bond donors (Lipinski definition) is 3. The SMILES string of the molecule is CCCCCCCCCCCCCCCCCCNC(CCC(=O)O)C(=O)O.[NaH]. The van der Waals surface area contributed by atoms with E-state index in [-0.39, 0.29) is 42.4 Å². The fourth-order valence-corrected chi connectivity index (χ4v) is 3.53. The van der Waals surface area contributed by atoms with Crippen LogP contribution in [0.4, 0.5) is 0 Å². The zero-order chi connectivity index (χ0) is 20.9. The van der Waals surface area contributed by atoms with Crippen LogP contribution >= 0.6 is 0 Å². The molecule has 0 aromatic carbocycles. The van der Waals surface area contributed by atoms with Gasteiger partial charge in [0.05, 0.1) is 0 Å². The number of carboxylic acid groups (broad SMARTS) is 2. The van der Waals surface area contributed by atoms with E-state index in [0.717, 1.165) is 12.8 Å². The quantitative estimate of drug-likeness (QED) is 0.158. The molecule has 0 aromatic heterocycles. The maximum atomic E-state index is 11.1. The zero-order valence-electron chi connectivity index (χ0n) is 18.2. The Kier molecular flexibility index (Phi) is 25.9. The van der Waals surface area contributed by atoms with Gasteiger partial charge in [-0.3, -0.25) is 9.59 Å². The van der Waals surface area contributed by atoms with E-state index < -0.39 is 18.0 Å². The Balaban J connectivity index is 0. The Morgan fingerprint density at radius 2 is 1.07 bits per heavy atom. The van der Waals surface area contributed by atoms with Crippen molar-refractivity contribution in [3.05, 3.63) is 0 Å². The molecule has 0 fully saturated rings. The number of aliphatic carboxylic acids is 2. The predicted molar refractivity (Wildman–Crippen MR) is 123 cm³/mol. The molecule has 6 heteroatoms. The van der Waals surface area contributed by atoms with Gasteiger partial charge in [0.2, 0.25) is 0 Å². The summed E-state index contributed by atoms with van der Waals surface area (Å²) in [6.07, 6.45) is 21.1. The van der Waals surface area contributed by atoms with Crippen LogP contribution in [0.2, 0.25) is 0 Å². The van der Waals surface area contributed by atoms with Gasteiger partial charge in [-0.1, -0.05) is 103 Å². The number of unbranched alkanes of at least 4 members (excludes halogenated alkanes) is 15. The summed E-state index contributed by atoms with van der Waals surface area (Å²) in [5, 5.41) is 20.7. The molecule has 0 aliphatic carbocycles. The van der Waals surface area contributed by atoms with E-state index >= 15 is 0 Å². The number of rotatable bonds is 22. The Labute approximate surface area is 201 Å². The van der Waals surface area contributed by atoms with Gasteiger partial charge < -0.3 is 15.5 Å². The van der Waals surface area contributed by atoms with Crippen molar-refractivity contribution in [2.75, 3.05) is 6.54 Å². The molecule has 0 aliphatic heterocycles. The van der Waals surface area contributed by atoms with Gasteiger partial charge in [-0.15, -0.1) is 0 Å². The molecule has 0 rings (SSSR count). The van der Waals surface area contributed by atoms with E-state index in [1.807, 2.05) is 0 Å². The minimum absolute atomic E-state index is 0. The normalized spacial score (nSPS) is 11.8. The molecular formula is C23H46NNaO4. The predicted octanol–water partition coefficient (Wildman–Crippen LogP) is 5.51. The molecular weight excluding hydrogens is 377 g/mol. The average molecular weight is 424 g/mol. The molecule has 0 aliphatic rings. The third kappa shape index (κ3) is 24.0. The molecule has 1 atom stereocenters. The summed E-state index contributed by atoms with van der Waals surface area (Å²) >= 11 is 0. The molecule has 1 unspecified atom stereocenters. The van der Waals surface area contributed by atoms with Crippen LogP contribution < -0.4 is 5.32 Å². The zero-order valence-corrected chi connectivity index (χ0v) is 18.2. The van der Waals surface area contributed by atoms with Crippen LogP contribution in [-0.2, 0) is 9.59 Å². The van der Waals surface area contributed by atoms with Gasteiger partial charge in [-0.2, -0.15) is 0 Å². The fourth-order valence-electron chi connectivity index (χ4n) is 3.53. The summed E-state index contributed by atoms with van der Waals surface area (Å²) in [4.78, 5) is 21.6. The molecule has 0 aromatic rings. The van der Waals surface area contributed by atoms with Crippen LogP contribution in [0, 0.1) is 0 Å². The number of carbonyl (C=O) groups is 2. The Morgan fingerprint density at radius 1 is 0.690 bits per heavy atom. The van der Waals surface area contributed by atoms with Crippen LogP contribution in [0.5, 0.6) is 0 Å². The van der Waals surface area contributed by atoms with Crippen molar-refractivity contribution < 1.29 is 19.8 Å². The molecule has 0 spiro atoms. The standard InChI is InChI=1S/C23H45NO4.Na.H/c1-2-3-4-5-6-7-8-9-10-11-12-13-14-15-16-17-20-24-21(23(27)28)18-19-22(25)26;;/h21,24H,2-20H2,1H3,(H,25,26)(H,27,28);;. The van der Waals surface area contributed by atoms with Crippen molar-refractivity contribution in [2.24, 2.45) is 0 Å². The molecule has 0 heterocycles. The fraction of sp³-hybridized carbons (Fsp3) is 0.913. The van der Waals surface area contributed by atoms with Crippen molar-refractivity contribution in [1.29, 1.82) is 0 Å². The number of carboxylic acids is 2. The van der Waals surface area contributed by atoms with Crippen molar-refractivity contribution in [3.63, 3.8) is 0 Å². The first-order valence-electron chi connectivity index (χ1n) is 11.8. The van der Waals surface area contributed by atoms with E-state index in [1.165, 1.54) is 89.9 Å². The molecule has 5 nitrogen and oxygen atoms in total. The third-order valence-electron chi connectivity index (χ3n) is 5.37. The molecule has 0 saturated heterocycles. The van der Waals surface area contributed by atoms with E-state index in [2.05, 4.69) is 12.2 Å². The summed E-state index contributed by atoms with van der Waals surface area (Å²) in [5.41, 5.74) is 0. The van der Waals surface area contributed by atoms with Gasteiger partial charge in [-0.05, 0) is 19.4 Å². The van der Waals surface area contributed by atoms with Gasteiger partial charge >= 0.3 is 41.5 Å². The molecule has 29 heavy (non-hydrogen) atoms. The van der Waals surface area contributed by atoms with Crippen LogP contribution in [-0.4, -0.2) is 64.3 Å². The molecule has 3 N–H and O–H groups in total. The van der Waals surface area contributed by atoms with Crippen molar-refractivity contribution in [2.45, 2.75) is 129 Å². The van der Waals surface area contributed by atoms with Crippen LogP contribution in [0.3, 0.4) is 0 Å². The maximum absolute atomic E-state index is 11.1. The summed E-state index contributed by atoms with van der Waals surface area (Å²) in [5.74, 6) is -1.91. The van der Waals surface area contributed by atoms with Crippen molar-refractivity contribution >= 4 is 41.5 Å². The summed E-state index contributed by atoms with van der Waals surface area (Å²) in [6, 6.07) is -0.743. The number of hydrogen-bond acceptors (Lipinski definition) is 3. The molecule has 168 valence electrons. The number of nitrogens with one attached hydrogen (secondary N) is 1. The minimum atomic E-state index is -0.960. The second-order valence-electron chi connectivity index (χ2n) is 8.08. The van der Waals surface area contributed by atoms with Crippen molar-refractivity contribution in [1.82, 2.24) is 5.32 Å². The van der Waals surface area contributed by atoms with Gasteiger partial charge in [0.1, 0.15) is 6.04 Å². The average Bonchev–Trinajstić information content (AvgIpc) is 2.66. The molecule has 0 bridgehead atoms. The van der Waals surface area contributed by atoms with Crippen LogP contribution in [0.1, 0.15) is 122 Å². The molecule has 0 radical (unpaired) electrons. The second kappa shape index (κ2) is 24.2. The van der Waals surface area contributed by atoms with Crippen molar-refractivity contribution in [3.8, 4) is 0 Å². The van der Waals surface area contributed by atoms with E-state index in [9.17, 15) is 9.59 Å². The van der Waals surface area contributed by atoms with Crippen LogP contribution in [0.15, 0.2) is 0 Å². The Bertz CT molecular complexity index is 380. The summed E-state index contributed by atoms with van der Waals surface area (Å²) in [7, 11) is 0. The molecule has 0 amide bonds. The van der Waals surface area contributed by atoms with E-state index in [0.29, 0.717) is 6.54 Å². The topological polar surface area (TPSA) is 86.6 Å². The monoisotopic (exact) mass is 423 g/mol. The first-order chi connectivity index (χ1) is 13.6. The Hall–Kier alpha value is -0.100. The summed E-state index contributed by atoms with van der Waals surface area (Å²) in [6.45, 7) is 2.91. The second-order valence-corrected chi connectivity index (χ2v) is 8.08. The summed E-state index contributed by atoms with van der Waals surface area (Å²) < 4.78 is 0. The van der Waals surface area contributed by atoms with E-state index in [4.69, 9.17) is 10.2 Å². The van der Waals surface area contributed by atoms with Gasteiger partial charge in [-0.25, -0.2) is 0 Å². The Morgan fingerprint density at radius 3 is 1.41 bits per heavy atom. The van der Waals surface area contributed by atoms with Gasteiger partial charge in [0.15, 0.2) is 0 Å². The third-order valence-corrected chi connectivity index (χ3v) is 5.37.